The van der Waals surface area contributed by atoms with Crippen LogP contribution in [0.3, 0.4) is 0 Å². The van der Waals surface area contributed by atoms with E-state index in [0.717, 1.165) is 24.6 Å². The van der Waals surface area contributed by atoms with E-state index in [1.54, 1.807) is 4.90 Å². The van der Waals surface area contributed by atoms with Gasteiger partial charge in [-0.15, -0.1) is 0 Å². The van der Waals surface area contributed by atoms with Gasteiger partial charge in [-0.1, -0.05) is 6.92 Å². The molecule has 13 heavy (non-hydrogen) atoms. The maximum atomic E-state index is 11.5. The van der Waals surface area contributed by atoms with Crippen molar-refractivity contribution in [3.8, 4) is 0 Å². The molecular formula is C9H17NO2S. The van der Waals surface area contributed by atoms with Crippen molar-refractivity contribution in [2.45, 2.75) is 20.0 Å². The fraction of sp³-hybridized carbons (Fsp3) is 0.889. The fourth-order valence-corrected chi connectivity index (χ4v) is 2.47. The highest BCUT2D eigenvalue weighted by atomic mass is 32.2. The van der Waals surface area contributed by atoms with Crippen LogP contribution in [0.5, 0.6) is 0 Å². The Kier molecular flexibility index (Phi) is 4.06. The van der Waals surface area contributed by atoms with Gasteiger partial charge < -0.3 is 10.0 Å². The lowest BCUT2D eigenvalue weighted by molar-refractivity contribution is -0.139. The van der Waals surface area contributed by atoms with Gasteiger partial charge in [-0.25, -0.2) is 0 Å². The molecule has 76 valence electrons. The monoisotopic (exact) mass is 203 g/mol. The first-order valence-electron chi connectivity index (χ1n) is 4.66. The molecule has 2 atom stereocenters. The molecule has 1 saturated heterocycles. The van der Waals surface area contributed by atoms with Crippen LogP contribution in [0.4, 0.5) is 0 Å². The SMILES string of the molecule is CC1CSCCN(C(=O)C(C)O)C1. The van der Waals surface area contributed by atoms with Crippen molar-refractivity contribution in [3.63, 3.8) is 0 Å². The van der Waals surface area contributed by atoms with Crippen LogP contribution in [0.2, 0.25) is 0 Å². The van der Waals surface area contributed by atoms with Crippen LogP contribution in [-0.4, -0.2) is 46.6 Å². The van der Waals surface area contributed by atoms with E-state index < -0.39 is 6.10 Å². The van der Waals surface area contributed by atoms with E-state index >= 15 is 0 Å². The second-order valence-corrected chi connectivity index (χ2v) is 4.79. The molecule has 1 aliphatic heterocycles. The number of carbonyl (C=O) groups excluding carboxylic acids is 1. The van der Waals surface area contributed by atoms with Crippen LogP contribution in [0.25, 0.3) is 0 Å². The maximum absolute atomic E-state index is 11.5. The Balaban J connectivity index is 2.52. The van der Waals surface area contributed by atoms with E-state index in [1.807, 2.05) is 11.8 Å². The zero-order valence-electron chi connectivity index (χ0n) is 8.19. The van der Waals surface area contributed by atoms with Crippen LogP contribution in [-0.2, 0) is 4.79 Å². The highest BCUT2D eigenvalue weighted by Gasteiger charge is 2.22. The number of rotatable bonds is 1. The van der Waals surface area contributed by atoms with Gasteiger partial charge in [0, 0.05) is 18.8 Å². The van der Waals surface area contributed by atoms with Crippen molar-refractivity contribution in [1.82, 2.24) is 4.90 Å². The van der Waals surface area contributed by atoms with Crippen LogP contribution >= 0.6 is 11.8 Å². The van der Waals surface area contributed by atoms with Crippen LogP contribution in [0.1, 0.15) is 13.8 Å². The molecule has 0 spiro atoms. The Morgan fingerprint density at radius 3 is 3.00 bits per heavy atom. The number of aliphatic hydroxyl groups excluding tert-OH is 1. The highest BCUT2D eigenvalue weighted by Crippen LogP contribution is 2.15. The van der Waals surface area contributed by atoms with Gasteiger partial charge >= 0.3 is 0 Å². The molecular weight excluding hydrogens is 186 g/mol. The number of amides is 1. The van der Waals surface area contributed by atoms with Gasteiger partial charge in [0.15, 0.2) is 0 Å². The summed E-state index contributed by atoms with van der Waals surface area (Å²) in [6.07, 6.45) is -0.852. The zero-order valence-corrected chi connectivity index (χ0v) is 9.01. The van der Waals surface area contributed by atoms with Crippen molar-refractivity contribution < 1.29 is 9.90 Å². The summed E-state index contributed by atoms with van der Waals surface area (Å²) < 4.78 is 0. The lowest BCUT2D eigenvalue weighted by Gasteiger charge is -2.23. The summed E-state index contributed by atoms with van der Waals surface area (Å²) >= 11 is 1.88. The lowest BCUT2D eigenvalue weighted by atomic mass is 10.2. The summed E-state index contributed by atoms with van der Waals surface area (Å²) in [5.74, 6) is 2.51. The van der Waals surface area contributed by atoms with Crippen LogP contribution in [0.15, 0.2) is 0 Å². The van der Waals surface area contributed by atoms with E-state index in [2.05, 4.69) is 6.92 Å². The molecule has 4 heteroatoms. The van der Waals surface area contributed by atoms with Gasteiger partial charge in [-0.3, -0.25) is 4.79 Å². The van der Waals surface area contributed by atoms with E-state index in [-0.39, 0.29) is 5.91 Å². The first-order valence-corrected chi connectivity index (χ1v) is 5.81. The molecule has 1 aliphatic rings. The molecule has 1 amide bonds. The Morgan fingerprint density at radius 1 is 1.69 bits per heavy atom. The van der Waals surface area contributed by atoms with Gasteiger partial charge in [0.2, 0.25) is 0 Å². The van der Waals surface area contributed by atoms with Crippen LogP contribution < -0.4 is 0 Å². The first kappa shape index (κ1) is 10.9. The van der Waals surface area contributed by atoms with Gasteiger partial charge in [0.1, 0.15) is 6.10 Å². The molecule has 0 aromatic carbocycles. The number of thioether (sulfide) groups is 1. The summed E-state index contributed by atoms with van der Waals surface area (Å²) in [5.41, 5.74) is 0. The largest absolute Gasteiger partial charge is 0.384 e. The highest BCUT2D eigenvalue weighted by molar-refractivity contribution is 7.99. The zero-order chi connectivity index (χ0) is 9.84. The minimum absolute atomic E-state index is 0.130. The molecule has 1 heterocycles. The maximum Gasteiger partial charge on any atom is 0.251 e. The molecule has 0 aliphatic carbocycles. The molecule has 1 rings (SSSR count). The fourth-order valence-electron chi connectivity index (χ4n) is 1.44. The Hall–Kier alpha value is -0.220. The quantitative estimate of drug-likeness (QED) is 0.677. The predicted molar refractivity (Wildman–Crippen MR) is 54.7 cm³/mol. The molecule has 0 aromatic heterocycles. The molecule has 0 saturated carbocycles. The average Bonchev–Trinajstić information content (AvgIpc) is 2.28. The Labute approximate surface area is 83.5 Å². The van der Waals surface area contributed by atoms with E-state index in [1.165, 1.54) is 6.92 Å². The number of aliphatic hydroxyl groups is 1. The van der Waals surface area contributed by atoms with Crippen molar-refractivity contribution in [3.05, 3.63) is 0 Å². The van der Waals surface area contributed by atoms with Crippen molar-refractivity contribution in [1.29, 1.82) is 0 Å². The average molecular weight is 203 g/mol. The third-order valence-electron chi connectivity index (χ3n) is 2.11. The molecule has 1 fully saturated rings. The van der Waals surface area contributed by atoms with Crippen LogP contribution in [0, 0.1) is 5.92 Å². The second-order valence-electron chi connectivity index (χ2n) is 3.64. The molecule has 2 unspecified atom stereocenters. The third-order valence-corrected chi connectivity index (χ3v) is 3.39. The lowest BCUT2D eigenvalue weighted by Crippen LogP contribution is -2.40. The molecule has 3 nitrogen and oxygen atoms in total. The van der Waals surface area contributed by atoms with Gasteiger partial charge in [0.25, 0.3) is 5.91 Å². The molecule has 0 bridgehead atoms. The molecule has 0 aromatic rings. The second kappa shape index (κ2) is 4.86. The summed E-state index contributed by atoms with van der Waals surface area (Å²) in [6.45, 7) is 5.24. The number of hydrogen-bond acceptors (Lipinski definition) is 3. The van der Waals surface area contributed by atoms with Crippen molar-refractivity contribution >= 4 is 17.7 Å². The minimum Gasteiger partial charge on any atom is -0.384 e. The topological polar surface area (TPSA) is 40.5 Å². The van der Waals surface area contributed by atoms with Gasteiger partial charge in [-0.05, 0) is 18.6 Å². The summed E-state index contributed by atoms with van der Waals surface area (Å²) in [7, 11) is 0. The summed E-state index contributed by atoms with van der Waals surface area (Å²) in [4.78, 5) is 13.2. The standard InChI is InChI=1S/C9H17NO2S/c1-7-5-10(3-4-13-6-7)9(12)8(2)11/h7-8,11H,3-6H2,1-2H3. The molecule has 1 N–H and O–H groups in total. The number of nitrogens with zero attached hydrogens (tertiary/aromatic N) is 1. The van der Waals surface area contributed by atoms with Gasteiger partial charge in [0.05, 0.1) is 0 Å². The Morgan fingerprint density at radius 2 is 2.38 bits per heavy atom. The third kappa shape index (κ3) is 3.19. The number of carbonyl (C=O) groups is 1. The Bertz CT molecular complexity index is 184. The van der Waals surface area contributed by atoms with Crippen molar-refractivity contribution in [2.75, 3.05) is 24.6 Å². The number of hydrogen-bond donors (Lipinski definition) is 1. The van der Waals surface area contributed by atoms with Crippen molar-refractivity contribution in [2.24, 2.45) is 5.92 Å². The van der Waals surface area contributed by atoms with E-state index in [0.29, 0.717) is 5.92 Å². The summed E-state index contributed by atoms with van der Waals surface area (Å²) in [5, 5.41) is 9.15. The van der Waals surface area contributed by atoms with E-state index in [4.69, 9.17) is 5.11 Å². The first-order chi connectivity index (χ1) is 6.11. The van der Waals surface area contributed by atoms with E-state index in [9.17, 15) is 4.79 Å². The van der Waals surface area contributed by atoms with Gasteiger partial charge in [-0.2, -0.15) is 11.8 Å². The molecule has 0 radical (unpaired) electrons. The summed E-state index contributed by atoms with van der Waals surface area (Å²) in [6, 6.07) is 0. The smallest absolute Gasteiger partial charge is 0.251 e. The predicted octanol–water partition coefficient (Wildman–Crippen LogP) is 0.579. The normalized spacial score (nSPS) is 26.7. The minimum atomic E-state index is -0.852.